The van der Waals surface area contributed by atoms with Crippen LogP contribution in [-0.4, -0.2) is 17.4 Å². The van der Waals surface area contributed by atoms with Crippen molar-refractivity contribution in [1.29, 1.82) is 0 Å². The van der Waals surface area contributed by atoms with E-state index >= 15 is 0 Å². The van der Waals surface area contributed by atoms with Crippen LogP contribution in [0.2, 0.25) is 0 Å². The molecule has 0 aromatic rings. The lowest BCUT2D eigenvalue weighted by Crippen LogP contribution is -2.08. The van der Waals surface area contributed by atoms with Crippen LogP contribution in [0.1, 0.15) is 27.7 Å². The second-order valence-electron chi connectivity index (χ2n) is 1.14. The molecule has 0 radical (unpaired) electrons. The molecule has 0 saturated heterocycles. The van der Waals surface area contributed by atoms with Gasteiger partial charge in [-0.15, -0.1) is 0 Å². The number of hydrogen-bond donors (Lipinski definition) is 1. The molecule has 0 saturated carbocycles. The average molecular weight is 135 g/mol. The van der Waals surface area contributed by atoms with Gasteiger partial charge in [-0.3, -0.25) is 4.31 Å². The van der Waals surface area contributed by atoms with Gasteiger partial charge in [-0.2, -0.15) is 0 Å². The third kappa shape index (κ3) is 9.58. The molecule has 0 heterocycles. The standard InChI is InChI=1S/C4H11NS.C2H6/c1-3-5(6)4-2;1-2/h6H,3-4H2,1-2H3;1-2H3. The van der Waals surface area contributed by atoms with Gasteiger partial charge in [0.05, 0.1) is 0 Å². The monoisotopic (exact) mass is 135 g/mol. The van der Waals surface area contributed by atoms with Crippen molar-refractivity contribution in [2.45, 2.75) is 27.7 Å². The van der Waals surface area contributed by atoms with Crippen LogP contribution in [0.15, 0.2) is 0 Å². The maximum Gasteiger partial charge on any atom is 0.00584 e. The van der Waals surface area contributed by atoms with Crippen molar-refractivity contribution in [2.24, 2.45) is 0 Å². The van der Waals surface area contributed by atoms with Crippen molar-refractivity contribution >= 4 is 12.8 Å². The summed E-state index contributed by atoms with van der Waals surface area (Å²) in [7, 11) is 0. The molecule has 2 heteroatoms. The van der Waals surface area contributed by atoms with Gasteiger partial charge in [0.25, 0.3) is 0 Å². The highest BCUT2D eigenvalue weighted by atomic mass is 32.1. The van der Waals surface area contributed by atoms with Crippen molar-refractivity contribution in [2.75, 3.05) is 13.1 Å². The Morgan fingerprint density at radius 2 is 1.38 bits per heavy atom. The summed E-state index contributed by atoms with van der Waals surface area (Å²) in [4.78, 5) is 0. The van der Waals surface area contributed by atoms with E-state index in [2.05, 4.69) is 26.7 Å². The van der Waals surface area contributed by atoms with Crippen molar-refractivity contribution in [3.63, 3.8) is 0 Å². The van der Waals surface area contributed by atoms with E-state index in [9.17, 15) is 0 Å². The van der Waals surface area contributed by atoms with Crippen LogP contribution in [0.3, 0.4) is 0 Å². The van der Waals surface area contributed by atoms with E-state index in [1.54, 1.807) is 0 Å². The number of nitrogens with zero attached hydrogens (tertiary/aromatic N) is 1. The summed E-state index contributed by atoms with van der Waals surface area (Å²) in [6.45, 7) is 10.2. The van der Waals surface area contributed by atoms with Crippen molar-refractivity contribution in [3.8, 4) is 0 Å². The molecule has 0 aliphatic carbocycles. The van der Waals surface area contributed by atoms with Gasteiger partial charge in [-0.1, -0.05) is 40.5 Å². The largest absolute Gasteiger partial charge is 0.254 e. The van der Waals surface area contributed by atoms with E-state index < -0.39 is 0 Å². The first-order valence-corrected chi connectivity index (χ1v) is 3.65. The average Bonchev–Trinajstić information content (AvgIpc) is 1.91. The molecule has 1 nitrogen and oxygen atoms in total. The molecule has 0 fully saturated rings. The van der Waals surface area contributed by atoms with Crippen molar-refractivity contribution in [1.82, 2.24) is 4.31 Å². The van der Waals surface area contributed by atoms with Crippen LogP contribution in [-0.2, 0) is 0 Å². The maximum absolute atomic E-state index is 4.06. The van der Waals surface area contributed by atoms with E-state index in [0.717, 1.165) is 13.1 Å². The quantitative estimate of drug-likeness (QED) is 0.568. The molecule has 0 unspecified atom stereocenters. The van der Waals surface area contributed by atoms with E-state index in [0.29, 0.717) is 0 Å². The Hall–Kier alpha value is 0.310. The van der Waals surface area contributed by atoms with E-state index in [-0.39, 0.29) is 0 Å². The first-order valence-electron chi connectivity index (χ1n) is 3.25. The summed E-state index contributed by atoms with van der Waals surface area (Å²) < 4.78 is 1.94. The molecule has 52 valence electrons. The summed E-state index contributed by atoms with van der Waals surface area (Å²) in [5.74, 6) is 0. The highest BCUT2D eigenvalue weighted by Crippen LogP contribution is 1.86. The predicted octanol–water partition coefficient (Wildman–Crippen LogP) is 2.20. The fourth-order valence-corrected chi connectivity index (χ4v) is 0.224. The molecule has 0 spiro atoms. The first kappa shape index (κ1) is 11.2. The van der Waals surface area contributed by atoms with E-state index in [4.69, 9.17) is 0 Å². The summed E-state index contributed by atoms with van der Waals surface area (Å²) >= 11 is 4.06. The van der Waals surface area contributed by atoms with Crippen LogP contribution in [0, 0.1) is 0 Å². The van der Waals surface area contributed by atoms with Crippen molar-refractivity contribution in [3.05, 3.63) is 0 Å². The van der Waals surface area contributed by atoms with Gasteiger partial charge >= 0.3 is 0 Å². The summed E-state index contributed by atoms with van der Waals surface area (Å²) in [6, 6.07) is 0. The second kappa shape index (κ2) is 10.3. The van der Waals surface area contributed by atoms with E-state index in [1.807, 2.05) is 18.2 Å². The zero-order valence-corrected chi connectivity index (χ0v) is 7.20. The molecule has 0 aliphatic heterocycles. The fraction of sp³-hybridized carbons (Fsp3) is 1.00. The van der Waals surface area contributed by atoms with Gasteiger partial charge < -0.3 is 0 Å². The molecule has 0 aromatic carbocycles. The number of hydrogen-bond acceptors (Lipinski definition) is 2. The third-order valence-electron chi connectivity index (χ3n) is 0.730. The predicted molar refractivity (Wildman–Crippen MR) is 43.3 cm³/mol. The minimum Gasteiger partial charge on any atom is -0.254 e. The van der Waals surface area contributed by atoms with Gasteiger partial charge in [0, 0.05) is 13.1 Å². The molecule has 0 amide bonds. The normalized spacial score (nSPS) is 8.25. The first-order chi connectivity index (χ1) is 3.81. The smallest absolute Gasteiger partial charge is 0.00584 e. The molecule has 8 heavy (non-hydrogen) atoms. The van der Waals surface area contributed by atoms with Gasteiger partial charge in [0.2, 0.25) is 0 Å². The van der Waals surface area contributed by atoms with Crippen LogP contribution in [0.5, 0.6) is 0 Å². The molecular formula is C6H17NS. The Kier molecular flexibility index (Phi) is 14.4. The van der Waals surface area contributed by atoms with Crippen LogP contribution < -0.4 is 0 Å². The lowest BCUT2D eigenvalue weighted by atomic mass is 10.7. The molecule has 0 aliphatic rings. The lowest BCUT2D eigenvalue weighted by molar-refractivity contribution is 0.532. The van der Waals surface area contributed by atoms with Crippen LogP contribution in [0.25, 0.3) is 0 Å². The number of thiol groups is 1. The molecule has 0 bridgehead atoms. The summed E-state index contributed by atoms with van der Waals surface area (Å²) in [5.41, 5.74) is 0. The topological polar surface area (TPSA) is 3.24 Å². The maximum atomic E-state index is 4.06. The van der Waals surface area contributed by atoms with Crippen molar-refractivity contribution < 1.29 is 0 Å². The van der Waals surface area contributed by atoms with Crippen LogP contribution in [0.4, 0.5) is 0 Å². The minimum absolute atomic E-state index is 1.03. The third-order valence-corrected chi connectivity index (χ3v) is 1.30. The van der Waals surface area contributed by atoms with Gasteiger partial charge in [-0.25, -0.2) is 0 Å². The summed E-state index contributed by atoms with van der Waals surface area (Å²) in [6.07, 6.45) is 0. The fourth-order valence-electron chi connectivity index (χ4n) is 0.224. The number of rotatable bonds is 2. The summed E-state index contributed by atoms with van der Waals surface area (Å²) in [5, 5.41) is 0. The Balaban J connectivity index is 0. The Bertz CT molecular complexity index is 27.7. The zero-order valence-electron chi connectivity index (χ0n) is 6.31. The lowest BCUT2D eigenvalue weighted by Gasteiger charge is -2.05. The SMILES string of the molecule is CC.CCN(S)CC. The zero-order chi connectivity index (χ0) is 6.99. The molecular weight excluding hydrogens is 118 g/mol. The Labute approximate surface area is 58.6 Å². The van der Waals surface area contributed by atoms with E-state index in [1.165, 1.54) is 0 Å². The van der Waals surface area contributed by atoms with Gasteiger partial charge in [0.1, 0.15) is 0 Å². The highest BCUT2D eigenvalue weighted by Gasteiger charge is 1.83. The minimum atomic E-state index is 1.03. The molecule has 0 atom stereocenters. The second-order valence-corrected chi connectivity index (χ2v) is 1.70. The Morgan fingerprint density at radius 3 is 1.38 bits per heavy atom. The highest BCUT2D eigenvalue weighted by molar-refractivity contribution is 7.77. The molecule has 0 aromatic heterocycles. The Morgan fingerprint density at radius 1 is 1.12 bits per heavy atom. The van der Waals surface area contributed by atoms with Gasteiger partial charge in [-0.05, 0) is 0 Å². The molecule has 0 rings (SSSR count). The van der Waals surface area contributed by atoms with Gasteiger partial charge in [0.15, 0.2) is 0 Å². The molecule has 0 N–H and O–H groups in total. The van der Waals surface area contributed by atoms with Crippen LogP contribution >= 0.6 is 12.8 Å².